The van der Waals surface area contributed by atoms with Crippen molar-refractivity contribution in [1.29, 1.82) is 0 Å². The van der Waals surface area contributed by atoms with Gasteiger partial charge in [-0.25, -0.2) is 9.38 Å². The Morgan fingerprint density at radius 3 is 2.31 bits per heavy atom. The number of rotatable bonds is 5. The van der Waals surface area contributed by atoms with Crippen molar-refractivity contribution in [2.75, 3.05) is 0 Å². The molecule has 0 aliphatic rings. The second-order valence-corrected chi connectivity index (χ2v) is 5.03. The van der Waals surface area contributed by atoms with Crippen molar-refractivity contribution in [3.63, 3.8) is 0 Å². The Morgan fingerprint density at radius 2 is 1.73 bits per heavy atom. The van der Waals surface area contributed by atoms with Crippen LogP contribution in [0.25, 0.3) is 0 Å². The van der Waals surface area contributed by atoms with E-state index < -0.39 is 17.9 Å². The van der Waals surface area contributed by atoms with E-state index in [2.05, 4.69) is 15.0 Å². The van der Waals surface area contributed by atoms with Crippen LogP contribution in [0.5, 0.6) is 11.5 Å². The molecular formula is C16H16F4IN3O2. The van der Waals surface area contributed by atoms with Gasteiger partial charge in [-0.2, -0.15) is 0 Å². The predicted octanol–water partition coefficient (Wildman–Crippen LogP) is 3.65. The normalized spacial score (nSPS) is 11.6. The molecule has 0 atom stereocenters. The van der Waals surface area contributed by atoms with Crippen LogP contribution in [0.15, 0.2) is 47.5 Å². The molecule has 142 valence electrons. The van der Waals surface area contributed by atoms with Gasteiger partial charge in [-0.3, -0.25) is 0 Å². The maximum Gasteiger partial charge on any atom is 0.573 e. The Hall–Kier alpha value is -2.24. The fourth-order valence-electron chi connectivity index (χ4n) is 1.88. The molecule has 2 aromatic carbocycles. The Labute approximate surface area is 163 Å². The summed E-state index contributed by atoms with van der Waals surface area (Å²) in [5.41, 5.74) is 6.86. The van der Waals surface area contributed by atoms with Crippen molar-refractivity contribution in [3.8, 4) is 11.5 Å². The molecule has 0 saturated carbocycles. The lowest BCUT2D eigenvalue weighted by atomic mass is 10.2. The average molecular weight is 485 g/mol. The van der Waals surface area contributed by atoms with Gasteiger partial charge in [0, 0.05) is 6.54 Å². The first-order valence-electron chi connectivity index (χ1n) is 7.09. The summed E-state index contributed by atoms with van der Waals surface area (Å²) in [6.45, 7) is 0.347. The van der Waals surface area contributed by atoms with Gasteiger partial charge in [0.1, 0.15) is 5.75 Å². The van der Waals surface area contributed by atoms with Gasteiger partial charge in [0.25, 0.3) is 0 Å². The lowest BCUT2D eigenvalue weighted by Crippen LogP contribution is -2.31. The van der Waals surface area contributed by atoms with Gasteiger partial charge < -0.3 is 20.9 Å². The highest BCUT2D eigenvalue weighted by Crippen LogP contribution is 2.22. The number of halogens is 5. The zero-order valence-corrected chi connectivity index (χ0v) is 15.6. The topological polar surface area (TPSA) is 79.9 Å². The molecular weight excluding hydrogens is 469 g/mol. The summed E-state index contributed by atoms with van der Waals surface area (Å²) in [5, 5.41) is 11.9. The van der Waals surface area contributed by atoms with Crippen molar-refractivity contribution in [1.82, 2.24) is 5.32 Å². The van der Waals surface area contributed by atoms with Gasteiger partial charge in [0.15, 0.2) is 17.5 Å². The van der Waals surface area contributed by atoms with E-state index in [1.807, 2.05) is 0 Å². The molecule has 5 nitrogen and oxygen atoms in total. The average Bonchev–Trinajstić information content (AvgIpc) is 2.54. The zero-order valence-electron chi connectivity index (χ0n) is 13.3. The Kier molecular flexibility index (Phi) is 7.93. The first kappa shape index (κ1) is 21.8. The van der Waals surface area contributed by atoms with Gasteiger partial charge in [0.05, 0.1) is 6.54 Å². The number of nitrogens with two attached hydrogens (primary N) is 1. The summed E-state index contributed by atoms with van der Waals surface area (Å²) in [7, 11) is 0. The first-order chi connectivity index (χ1) is 11.7. The third-order valence-electron chi connectivity index (χ3n) is 3.07. The number of phenols is 1. The quantitative estimate of drug-likeness (QED) is 0.262. The summed E-state index contributed by atoms with van der Waals surface area (Å²) in [4.78, 5) is 4.01. The van der Waals surface area contributed by atoms with Gasteiger partial charge in [-0.05, 0) is 35.4 Å². The van der Waals surface area contributed by atoms with Crippen molar-refractivity contribution in [3.05, 3.63) is 59.4 Å². The fourth-order valence-corrected chi connectivity index (χ4v) is 1.88. The van der Waals surface area contributed by atoms with Crippen molar-refractivity contribution < 1.29 is 27.4 Å². The molecule has 10 heteroatoms. The Balaban J connectivity index is 0.00000338. The predicted molar refractivity (Wildman–Crippen MR) is 98.8 cm³/mol. The van der Waals surface area contributed by atoms with Gasteiger partial charge >= 0.3 is 6.36 Å². The summed E-state index contributed by atoms with van der Waals surface area (Å²) in [5.74, 6) is -1.42. The third-order valence-corrected chi connectivity index (χ3v) is 3.07. The molecule has 2 rings (SSSR count). The third kappa shape index (κ3) is 7.33. The molecule has 0 bridgehead atoms. The lowest BCUT2D eigenvalue weighted by molar-refractivity contribution is -0.274. The molecule has 0 aliphatic heterocycles. The second kappa shape index (κ2) is 9.46. The van der Waals surface area contributed by atoms with E-state index >= 15 is 0 Å². The molecule has 0 aliphatic carbocycles. The largest absolute Gasteiger partial charge is 0.573 e. The van der Waals surface area contributed by atoms with E-state index in [1.54, 1.807) is 0 Å². The van der Waals surface area contributed by atoms with Gasteiger partial charge in [-0.15, -0.1) is 37.1 Å². The zero-order chi connectivity index (χ0) is 18.4. The van der Waals surface area contributed by atoms with E-state index in [9.17, 15) is 17.6 Å². The van der Waals surface area contributed by atoms with Crippen molar-refractivity contribution in [2.45, 2.75) is 19.5 Å². The molecule has 0 spiro atoms. The summed E-state index contributed by atoms with van der Waals surface area (Å²) < 4.78 is 53.1. The Morgan fingerprint density at radius 1 is 1.12 bits per heavy atom. The molecule has 2 aromatic rings. The van der Waals surface area contributed by atoms with Gasteiger partial charge in [-0.1, -0.05) is 18.2 Å². The lowest BCUT2D eigenvalue weighted by Gasteiger charge is -2.10. The van der Waals surface area contributed by atoms with Crippen LogP contribution in [0.4, 0.5) is 17.6 Å². The molecule has 0 radical (unpaired) electrons. The van der Waals surface area contributed by atoms with E-state index in [0.717, 1.165) is 6.07 Å². The van der Waals surface area contributed by atoms with Gasteiger partial charge in [0.2, 0.25) is 0 Å². The minimum Gasteiger partial charge on any atom is -0.505 e. The van der Waals surface area contributed by atoms with Crippen LogP contribution in [0.3, 0.4) is 0 Å². The highest BCUT2D eigenvalue weighted by molar-refractivity contribution is 14.0. The van der Waals surface area contributed by atoms with E-state index in [4.69, 9.17) is 10.8 Å². The van der Waals surface area contributed by atoms with E-state index in [1.165, 1.54) is 36.4 Å². The molecule has 0 amide bonds. The molecule has 0 saturated heterocycles. The van der Waals surface area contributed by atoms with Crippen LogP contribution in [-0.4, -0.2) is 17.4 Å². The van der Waals surface area contributed by atoms with Crippen LogP contribution in [0.1, 0.15) is 11.1 Å². The van der Waals surface area contributed by atoms with E-state index in [0.29, 0.717) is 11.1 Å². The Bertz CT molecular complexity index is 752. The van der Waals surface area contributed by atoms with Crippen LogP contribution >= 0.6 is 24.0 Å². The van der Waals surface area contributed by atoms with E-state index in [-0.39, 0.29) is 48.8 Å². The summed E-state index contributed by atoms with van der Waals surface area (Å²) in [6, 6.07) is 9.16. The number of phenolic OH excluding ortho intramolecular Hbond substituents is 1. The molecule has 0 heterocycles. The highest BCUT2D eigenvalue weighted by atomic mass is 127. The van der Waals surface area contributed by atoms with Crippen LogP contribution < -0.4 is 15.8 Å². The number of benzene rings is 2. The molecule has 0 fully saturated rings. The monoisotopic (exact) mass is 485 g/mol. The molecule has 0 aromatic heterocycles. The van der Waals surface area contributed by atoms with Crippen LogP contribution in [0, 0.1) is 5.82 Å². The first-order valence-corrected chi connectivity index (χ1v) is 7.09. The SMILES string of the molecule is I.NC(=NCc1ccc(O)c(F)c1)NCc1ccc(OC(F)(F)F)cc1. The molecule has 0 unspecified atom stereocenters. The maximum atomic E-state index is 13.2. The highest BCUT2D eigenvalue weighted by Gasteiger charge is 2.30. The van der Waals surface area contributed by atoms with Crippen LogP contribution in [-0.2, 0) is 13.1 Å². The number of ether oxygens (including phenoxy) is 1. The number of nitrogens with zero attached hydrogens (tertiary/aromatic N) is 1. The number of guanidine groups is 1. The minimum atomic E-state index is -4.73. The number of hydrogen-bond acceptors (Lipinski definition) is 3. The summed E-state index contributed by atoms with van der Waals surface area (Å²) in [6.07, 6.45) is -4.73. The second-order valence-electron chi connectivity index (χ2n) is 5.03. The maximum absolute atomic E-state index is 13.2. The minimum absolute atomic E-state index is 0. The smallest absolute Gasteiger partial charge is 0.505 e. The number of aliphatic imine (C=N–C) groups is 1. The fraction of sp³-hybridized carbons (Fsp3) is 0.188. The van der Waals surface area contributed by atoms with Crippen molar-refractivity contribution in [2.24, 2.45) is 10.7 Å². The van der Waals surface area contributed by atoms with Crippen molar-refractivity contribution >= 4 is 29.9 Å². The number of hydrogen-bond donors (Lipinski definition) is 3. The summed E-state index contributed by atoms with van der Waals surface area (Å²) >= 11 is 0. The number of alkyl halides is 3. The molecule has 4 N–H and O–H groups in total. The standard InChI is InChI=1S/C16H15F4N3O2.HI/c17-13-7-11(3-6-14(13)24)9-23-15(21)22-8-10-1-4-12(5-2-10)25-16(18,19)20;/h1-7,24H,8-9H2,(H3,21,22,23);1H. The number of nitrogens with one attached hydrogen (secondary N) is 1. The molecule has 26 heavy (non-hydrogen) atoms. The number of aromatic hydroxyl groups is 1. The van der Waals surface area contributed by atoms with Crippen LogP contribution in [0.2, 0.25) is 0 Å².